The van der Waals surface area contributed by atoms with Crippen molar-refractivity contribution in [3.63, 3.8) is 0 Å². The Morgan fingerprint density at radius 1 is 1.11 bits per heavy atom. The number of halogens is 3. The molecule has 0 atom stereocenters. The molecule has 0 aliphatic heterocycles. The molecule has 2 aromatic carbocycles. The molecule has 0 fully saturated rings. The van der Waals surface area contributed by atoms with Crippen molar-refractivity contribution in [2.75, 3.05) is 0 Å². The first-order chi connectivity index (χ1) is 12.9. The molecule has 0 saturated carbocycles. The summed E-state index contributed by atoms with van der Waals surface area (Å²) < 4.78 is 33.1. The van der Waals surface area contributed by atoms with Gasteiger partial charge in [0, 0.05) is 35.0 Å². The van der Waals surface area contributed by atoms with Crippen molar-refractivity contribution in [1.82, 2.24) is 4.98 Å². The number of carboxylic acids is 1. The molecule has 8 heteroatoms. The Bertz CT molecular complexity index is 981. The van der Waals surface area contributed by atoms with Gasteiger partial charge in [-0.15, -0.1) is 0 Å². The molecule has 0 saturated heterocycles. The van der Waals surface area contributed by atoms with Crippen LogP contribution in [0.4, 0.5) is 8.78 Å². The summed E-state index contributed by atoms with van der Waals surface area (Å²) in [6.07, 6.45) is 2.96. The molecular formula is C20H13ClF2NNaO3. The van der Waals surface area contributed by atoms with Crippen LogP contribution >= 0.6 is 11.6 Å². The molecule has 1 aromatic heterocycles. The van der Waals surface area contributed by atoms with Crippen LogP contribution < -0.4 is 39.4 Å². The van der Waals surface area contributed by atoms with Crippen LogP contribution in [0.1, 0.15) is 27.0 Å². The van der Waals surface area contributed by atoms with E-state index in [1.165, 1.54) is 24.5 Å². The number of nitrogens with zero attached hydrogens (tertiary/aromatic N) is 1. The molecule has 3 aromatic rings. The van der Waals surface area contributed by atoms with Crippen LogP contribution in [-0.2, 0) is 13.0 Å². The van der Waals surface area contributed by atoms with Crippen LogP contribution in [0, 0.1) is 11.6 Å². The second-order valence-electron chi connectivity index (χ2n) is 5.79. The zero-order chi connectivity index (χ0) is 19.4. The number of hydrogen-bond donors (Lipinski definition) is 0. The molecule has 1 heterocycles. The number of ether oxygens (including phenoxy) is 1. The standard InChI is InChI=1S/C20H14ClF2NO3.Na/c21-15-4-5-19(27-11-16-17(22)2-1-3-18(16)23)13(8-15)6-12-7-14(20(25)26)10-24-9-12;/h1-5,7-10H,6,11H2,(H,25,26);/q;+1/p-1. The first-order valence-electron chi connectivity index (χ1n) is 7.93. The van der Waals surface area contributed by atoms with Crippen molar-refractivity contribution in [3.8, 4) is 5.75 Å². The Morgan fingerprint density at radius 2 is 1.82 bits per heavy atom. The van der Waals surface area contributed by atoms with Crippen LogP contribution in [0.3, 0.4) is 0 Å². The van der Waals surface area contributed by atoms with E-state index in [2.05, 4.69) is 4.98 Å². The number of carbonyl (C=O) groups excluding carboxylic acids is 1. The minimum atomic E-state index is -1.33. The maximum Gasteiger partial charge on any atom is 1.00 e. The largest absolute Gasteiger partial charge is 1.00 e. The number of benzene rings is 2. The molecule has 0 spiro atoms. The van der Waals surface area contributed by atoms with E-state index in [0.29, 0.717) is 21.9 Å². The van der Waals surface area contributed by atoms with E-state index in [4.69, 9.17) is 16.3 Å². The molecule has 138 valence electrons. The van der Waals surface area contributed by atoms with Gasteiger partial charge in [-0.25, -0.2) is 8.78 Å². The Kier molecular flexibility index (Phi) is 7.95. The predicted octanol–water partition coefficient (Wildman–Crippen LogP) is 0.550. The smallest absolute Gasteiger partial charge is 0.545 e. The van der Waals surface area contributed by atoms with Crippen LogP contribution in [0.15, 0.2) is 54.9 Å². The Morgan fingerprint density at radius 3 is 2.50 bits per heavy atom. The van der Waals surface area contributed by atoms with Crippen LogP contribution in [-0.4, -0.2) is 11.0 Å². The zero-order valence-electron chi connectivity index (χ0n) is 14.9. The van der Waals surface area contributed by atoms with Gasteiger partial charge in [-0.3, -0.25) is 4.98 Å². The van der Waals surface area contributed by atoms with Crippen molar-refractivity contribution in [2.24, 2.45) is 0 Å². The van der Waals surface area contributed by atoms with Gasteiger partial charge in [-0.2, -0.15) is 0 Å². The van der Waals surface area contributed by atoms with Crippen molar-refractivity contribution in [3.05, 3.63) is 93.8 Å². The fourth-order valence-corrected chi connectivity index (χ4v) is 2.76. The van der Waals surface area contributed by atoms with Gasteiger partial charge < -0.3 is 14.6 Å². The van der Waals surface area contributed by atoms with Crippen molar-refractivity contribution >= 4 is 17.6 Å². The van der Waals surface area contributed by atoms with Gasteiger partial charge in [-0.1, -0.05) is 17.7 Å². The number of aromatic carboxylic acids is 1. The van der Waals surface area contributed by atoms with Gasteiger partial charge in [-0.05, 0) is 42.0 Å². The number of hydrogen-bond acceptors (Lipinski definition) is 4. The molecule has 0 radical (unpaired) electrons. The molecule has 3 rings (SSSR count). The van der Waals surface area contributed by atoms with Crippen LogP contribution in [0.5, 0.6) is 5.75 Å². The zero-order valence-corrected chi connectivity index (χ0v) is 17.7. The van der Waals surface area contributed by atoms with E-state index in [1.807, 2.05) is 0 Å². The van der Waals surface area contributed by atoms with Crippen LogP contribution in [0.2, 0.25) is 5.02 Å². The second-order valence-corrected chi connectivity index (χ2v) is 6.22. The first-order valence-corrected chi connectivity index (χ1v) is 8.31. The van der Waals surface area contributed by atoms with E-state index in [9.17, 15) is 18.7 Å². The van der Waals surface area contributed by atoms with E-state index >= 15 is 0 Å². The molecule has 0 aliphatic carbocycles. The van der Waals surface area contributed by atoms with Crippen molar-refractivity contribution in [2.45, 2.75) is 13.0 Å². The maximum atomic E-state index is 13.8. The number of carbonyl (C=O) groups is 1. The van der Waals surface area contributed by atoms with Crippen molar-refractivity contribution < 1.29 is 53.0 Å². The molecule has 0 amide bonds. The first kappa shape index (κ1) is 22.3. The molecule has 4 nitrogen and oxygen atoms in total. The predicted molar refractivity (Wildman–Crippen MR) is 93.5 cm³/mol. The third-order valence-electron chi connectivity index (χ3n) is 3.88. The molecule has 28 heavy (non-hydrogen) atoms. The van der Waals surface area contributed by atoms with Gasteiger partial charge in [0.25, 0.3) is 0 Å². The maximum absolute atomic E-state index is 13.8. The minimum Gasteiger partial charge on any atom is -0.545 e. The van der Waals surface area contributed by atoms with Gasteiger partial charge in [0.1, 0.15) is 24.0 Å². The summed E-state index contributed by atoms with van der Waals surface area (Å²) in [6.45, 7) is -0.301. The van der Waals surface area contributed by atoms with E-state index < -0.39 is 17.6 Å². The Labute approximate surface area is 187 Å². The Balaban J connectivity index is 0.00000280. The van der Waals surface area contributed by atoms with Crippen molar-refractivity contribution in [1.29, 1.82) is 0 Å². The average Bonchev–Trinajstić information content (AvgIpc) is 2.63. The van der Waals surface area contributed by atoms with Gasteiger partial charge in [0.15, 0.2) is 0 Å². The summed E-state index contributed by atoms with van der Waals surface area (Å²) in [5.74, 6) is -2.35. The fraction of sp³-hybridized carbons (Fsp3) is 0.100. The summed E-state index contributed by atoms with van der Waals surface area (Å²) in [7, 11) is 0. The van der Waals surface area contributed by atoms with Crippen LogP contribution in [0.25, 0.3) is 0 Å². The third-order valence-corrected chi connectivity index (χ3v) is 4.12. The average molecular weight is 412 g/mol. The molecular weight excluding hydrogens is 399 g/mol. The Hall–Kier alpha value is -1.99. The summed E-state index contributed by atoms with van der Waals surface area (Å²) in [6, 6.07) is 9.84. The normalized spacial score (nSPS) is 10.2. The van der Waals surface area contributed by atoms with E-state index in [0.717, 1.165) is 12.1 Å². The summed E-state index contributed by atoms with van der Waals surface area (Å²) >= 11 is 6.04. The van der Waals surface area contributed by atoms with E-state index in [-0.39, 0.29) is 53.7 Å². The molecule has 0 bridgehead atoms. The monoisotopic (exact) mass is 411 g/mol. The quantitative estimate of drug-likeness (QED) is 0.556. The molecule has 0 aliphatic rings. The molecule has 0 unspecified atom stereocenters. The topological polar surface area (TPSA) is 62.2 Å². The number of pyridine rings is 1. The number of carboxylic acid groups (broad SMARTS) is 1. The third kappa shape index (κ3) is 5.52. The second kappa shape index (κ2) is 9.98. The van der Waals surface area contributed by atoms with Gasteiger partial charge >= 0.3 is 29.6 Å². The van der Waals surface area contributed by atoms with Gasteiger partial charge in [0.05, 0.1) is 11.5 Å². The summed E-state index contributed by atoms with van der Waals surface area (Å²) in [4.78, 5) is 14.9. The fourth-order valence-electron chi connectivity index (χ4n) is 2.56. The summed E-state index contributed by atoms with van der Waals surface area (Å²) in [5.41, 5.74) is 0.988. The van der Waals surface area contributed by atoms with Gasteiger partial charge in [0.2, 0.25) is 0 Å². The summed E-state index contributed by atoms with van der Waals surface area (Å²) in [5, 5.41) is 11.4. The van der Waals surface area contributed by atoms with E-state index in [1.54, 1.807) is 18.2 Å². The molecule has 0 N–H and O–H groups in total. The number of aromatic nitrogens is 1. The number of rotatable bonds is 6. The minimum absolute atomic E-state index is 0. The SMILES string of the molecule is O=C([O-])c1cncc(Cc2cc(Cl)ccc2OCc2c(F)cccc2F)c1.[Na+].